The predicted octanol–water partition coefficient (Wildman–Crippen LogP) is -1.40. The van der Waals surface area contributed by atoms with Crippen LogP contribution < -0.4 is 11.3 Å². The standard InChI is InChI=1S/C5H10N2O2/c6-7-5(9)4-1-3(4)2-8/h3-4,8H,1-2,6H2,(H,7,9). The van der Waals surface area contributed by atoms with Crippen molar-refractivity contribution in [2.75, 3.05) is 6.61 Å². The average Bonchev–Trinajstić information content (AvgIpc) is 2.64. The summed E-state index contributed by atoms with van der Waals surface area (Å²) >= 11 is 0. The van der Waals surface area contributed by atoms with Gasteiger partial charge in [-0.3, -0.25) is 10.2 Å². The summed E-state index contributed by atoms with van der Waals surface area (Å²) in [5.74, 6) is 4.82. The van der Waals surface area contributed by atoms with E-state index in [4.69, 9.17) is 10.9 Å². The highest BCUT2D eigenvalue weighted by Gasteiger charge is 2.41. The van der Waals surface area contributed by atoms with Crippen LogP contribution >= 0.6 is 0 Å². The Morgan fingerprint density at radius 2 is 2.56 bits per heavy atom. The van der Waals surface area contributed by atoms with Gasteiger partial charge in [-0.25, -0.2) is 5.84 Å². The molecule has 0 heterocycles. The van der Waals surface area contributed by atoms with E-state index < -0.39 is 0 Å². The SMILES string of the molecule is NNC(=O)C1CC1CO. The monoisotopic (exact) mass is 130 g/mol. The molecule has 1 aliphatic carbocycles. The van der Waals surface area contributed by atoms with Gasteiger partial charge in [0.15, 0.2) is 0 Å². The highest BCUT2D eigenvalue weighted by atomic mass is 16.3. The maximum atomic E-state index is 10.6. The number of aliphatic hydroxyl groups excluding tert-OH is 1. The number of nitrogens with one attached hydrogen (secondary N) is 1. The smallest absolute Gasteiger partial charge is 0.237 e. The lowest BCUT2D eigenvalue weighted by molar-refractivity contribution is -0.122. The van der Waals surface area contributed by atoms with Gasteiger partial charge in [0.05, 0.1) is 0 Å². The Hall–Kier alpha value is -0.610. The van der Waals surface area contributed by atoms with Gasteiger partial charge in [0.25, 0.3) is 0 Å². The number of amides is 1. The Labute approximate surface area is 53.0 Å². The van der Waals surface area contributed by atoms with Crippen LogP contribution in [-0.2, 0) is 4.79 Å². The van der Waals surface area contributed by atoms with E-state index in [0.29, 0.717) is 0 Å². The lowest BCUT2D eigenvalue weighted by Gasteiger charge is -1.93. The molecule has 2 atom stereocenters. The van der Waals surface area contributed by atoms with Crippen LogP contribution in [0.3, 0.4) is 0 Å². The van der Waals surface area contributed by atoms with E-state index in [0.717, 1.165) is 6.42 Å². The number of aliphatic hydroxyl groups is 1. The summed E-state index contributed by atoms with van der Waals surface area (Å²) in [6, 6.07) is 0. The minimum Gasteiger partial charge on any atom is -0.396 e. The van der Waals surface area contributed by atoms with Crippen LogP contribution in [0.5, 0.6) is 0 Å². The summed E-state index contributed by atoms with van der Waals surface area (Å²) in [6.45, 7) is 0.0953. The second-order valence-corrected chi connectivity index (χ2v) is 2.29. The maximum absolute atomic E-state index is 10.6. The third kappa shape index (κ3) is 1.20. The molecular formula is C5H10N2O2. The molecule has 0 spiro atoms. The molecule has 52 valence electrons. The molecular weight excluding hydrogens is 120 g/mol. The Morgan fingerprint density at radius 3 is 2.89 bits per heavy atom. The lowest BCUT2D eigenvalue weighted by atomic mass is 10.3. The number of rotatable bonds is 2. The van der Waals surface area contributed by atoms with Crippen molar-refractivity contribution in [1.29, 1.82) is 0 Å². The van der Waals surface area contributed by atoms with Crippen LogP contribution in [-0.4, -0.2) is 17.6 Å². The van der Waals surface area contributed by atoms with Crippen LogP contribution in [0.4, 0.5) is 0 Å². The molecule has 0 aromatic heterocycles. The average molecular weight is 130 g/mol. The fraction of sp³-hybridized carbons (Fsp3) is 0.800. The summed E-state index contributed by atoms with van der Waals surface area (Å²) in [4.78, 5) is 10.6. The minimum absolute atomic E-state index is 0.0278. The zero-order chi connectivity index (χ0) is 6.85. The number of carbonyl (C=O) groups is 1. The molecule has 9 heavy (non-hydrogen) atoms. The van der Waals surface area contributed by atoms with Crippen molar-refractivity contribution in [3.63, 3.8) is 0 Å². The van der Waals surface area contributed by atoms with E-state index in [1.165, 1.54) is 0 Å². The number of hydrogen-bond acceptors (Lipinski definition) is 3. The maximum Gasteiger partial charge on any atom is 0.237 e. The summed E-state index contributed by atoms with van der Waals surface area (Å²) in [5.41, 5.74) is 2.04. The van der Waals surface area contributed by atoms with Crippen LogP contribution in [0.2, 0.25) is 0 Å². The fourth-order valence-corrected chi connectivity index (χ4v) is 0.878. The molecule has 0 aromatic carbocycles. The molecule has 0 radical (unpaired) electrons. The highest BCUT2D eigenvalue weighted by Crippen LogP contribution is 2.37. The molecule has 1 saturated carbocycles. The third-order valence-corrected chi connectivity index (χ3v) is 1.64. The van der Waals surface area contributed by atoms with Gasteiger partial charge in [-0.1, -0.05) is 0 Å². The Bertz CT molecular complexity index is 126. The summed E-state index contributed by atoms with van der Waals surface area (Å²) in [6.07, 6.45) is 0.777. The molecule has 1 rings (SSSR count). The normalized spacial score (nSPS) is 31.8. The molecule has 1 aliphatic rings. The number of nitrogens with two attached hydrogens (primary N) is 1. The predicted molar refractivity (Wildman–Crippen MR) is 31.0 cm³/mol. The number of hydrogen-bond donors (Lipinski definition) is 3. The summed E-state index contributed by atoms with van der Waals surface area (Å²) in [7, 11) is 0. The minimum atomic E-state index is -0.158. The van der Waals surface area contributed by atoms with Crippen molar-refractivity contribution in [3.8, 4) is 0 Å². The zero-order valence-corrected chi connectivity index (χ0v) is 5.00. The first-order valence-electron chi connectivity index (χ1n) is 2.91. The molecule has 0 saturated heterocycles. The molecule has 0 aromatic rings. The van der Waals surface area contributed by atoms with E-state index in [1.807, 2.05) is 5.43 Å². The third-order valence-electron chi connectivity index (χ3n) is 1.64. The van der Waals surface area contributed by atoms with Gasteiger partial charge in [0.1, 0.15) is 0 Å². The first kappa shape index (κ1) is 6.51. The quantitative estimate of drug-likeness (QED) is 0.244. The molecule has 2 unspecified atom stereocenters. The largest absolute Gasteiger partial charge is 0.396 e. The van der Waals surface area contributed by atoms with Gasteiger partial charge >= 0.3 is 0 Å². The number of carbonyl (C=O) groups excluding carboxylic acids is 1. The van der Waals surface area contributed by atoms with Crippen molar-refractivity contribution in [2.45, 2.75) is 6.42 Å². The van der Waals surface area contributed by atoms with Gasteiger partial charge in [-0.05, 0) is 12.3 Å². The van der Waals surface area contributed by atoms with Crippen LogP contribution in [0.1, 0.15) is 6.42 Å². The van der Waals surface area contributed by atoms with Gasteiger partial charge in [0, 0.05) is 12.5 Å². The molecule has 0 bridgehead atoms. The van der Waals surface area contributed by atoms with Crippen molar-refractivity contribution >= 4 is 5.91 Å². The molecule has 4 nitrogen and oxygen atoms in total. The second kappa shape index (κ2) is 2.33. The number of hydrazine groups is 1. The summed E-state index contributed by atoms with van der Waals surface area (Å²) < 4.78 is 0. The van der Waals surface area contributed by atoms with Crippen molar-refractivity contribution in [1.82, 2.24) is 5.43 Å². The van der Waals surface area contributed by atoms with Gasteiger partial charge in [-0.15, -0.1) is 0 Å². The zero-order valence-electron chi connectivity index (χ0n) is 5.00. The highest BCUT2D eigenvalue weighted by molar-refractivity contribution is 5.80. The van der Waals surface area contributed by atoms with Gasteiger partial charge in [0.2, 0.25) is 5.91 Å². The Morgan fingerprint density at radius 1 is 1.89 bits per heavy atom. The van der Waals surface area contributed by atoms with Gasteiger partial charge in [-0.2, -0.15) is 0 Å². The van der Waals surface area contributed by atoms with E-state index in [-0.39, 0.29) is 24.3 Å². The van der Waals surface area contributed by atoms with E-state index in [2.05, 4.69) is 0 Å². The first-order chi connectivity index (χ1) is 4.29. The van der Waals surface area contributed by atoms with Crippen LogP contribution in [0.15, 0.2) is 0 Å². The topological polar surface area (TPSA) is 75.3 Å². The lowest BCUT2D eigenvalue weighted by Crippen LogP contribution is -2.32. The Balaban J connectivity index is 2.25. The van der Waals surface area contributed by atoms with E-state index in [1.54, 1.807) is 0 Å². The van der Waals surface area contributed by atoms with E-state index in [9.17, 15) is 4.79 Å². The molecule has 1 fully saturated rings. The van der Waals surface area contributed by atoms with Gasteiger partial charge < -0.3 is 5.11 Å². The Kier molecular flexibility index (Phi) is 1.68. The van der Waals surface area contributed by atoms with Crippen molar-refractivity contribution in [2.24, 2.45) is 17.7 Å². The fourth-order valence-electron chi connectivity index (χ4n) is 0.878. The molecule has 4 N–H and O–H groups in total. The van der Waals surface area contributed by atoms with E-state index >= 15 is 0 Å². The van der Waals surface area contributed by atoms with Crippen LogP contribution in [0.25, 0.3) is 0 Å². The van der Waals surface area contributed by atoms with Crippen molar-refractivity contribution < 1.29 is 9.90 Å². The molecule has 0 aliphatic heterocycles. The molecule has 4 heteroatoms. The van der Waals surface area contributed by atoms with Crippen molar-refractivity contribution in [3.05, 3.63) is 0 Å². The molecule has 1 amide bonds. The summed E-state index contributed by atoms with van der Waals surface area (Å²) in [5, 5.41) is 8.50. The first-order valence-corrected chi connectivity index (χ1v) is 2.91. The second-order valence-electron chi connectivity index (χ2n) is 2.29. The van der Waals surface area contributed by atoms with Crippen LogP contribution in [0, 0.1) is 11.8 Å².